The van der Waals surface area contributed by atoms with Crippen LogP contribution in [0.5, 0.6) is 0 Å². The summed E-state index contributed by atoms with van der Waals surface area (Å²) in [7, 11) is 2.06. The van der Waals surface area contributed by atoms with Crippen LogP contribution < -0.4 is 0 Å². The standard InChI is InChI=1S/C10H11BrN2/c1-3-7-6-8-9(11)4-5-12-10(8)13(7)2/h4-6H,3H2,1-2H3. The molecule has 0 aromatic carbocycles. The van der Waals surface area contributed by atoms with E-state index in [2.05, 4.69) is 45.5 Å². The van der Waals surface area contributed by atoms with E-state index in [4.69, 9.17) is 0 Å². The van der Waals surface area contributed by atoms with Crippen LogP contribution >= 0.6 is 15.9 Å². The highest BCUT2D eigenvalue weighted by molar-refractivity contribution is 9.10. The summed E-state index contributed by atoms with van der Waals surface area (Å²) in [5.74, 6) is 0. The zero-order chi connectivity index (χ0) is 9.42. The Morgan fingerprint density at radius 2 is 2.31 bits per heavy atom. The molecule has 0 N–H and O–H groups in total. The second-order valence-corrected chi connectivity index (χ2v) is 3.93. The predicted octanol–water partition coefficient (Wildman–Crippen LogP) is 2.90. The van der Waals surface area contributed by atoms with Crippen molar-refractivity contribution in [2.75, 3.05) is 0 Å². The van der Waals surface area contributed by atoms with Gasteiger partial charge in [0.1, 0.15) is 5.65 Å². The third-order valence-electron chi connectivity index (χ3n) is 2.34. The van der Waals surface area contributed by atoms with Gasteiger partial charge in [0.2, 0.25) is 0 Å². The smallest absolute Gasteiger partial charge is 0.140 e. The van der Waals surface area contributed by atoms with E-state index in [1.807, 2.05) is 12.3 Å². The fraction of sp³-hybridized carbons (Fsp3) is 0.300. The number of fused-ring (bicyclic) bond motifs is 1. The normalized spacial score (nSPS) is 11.0. The molecule has 0 aliphatic carbocycles. The fourth-order valence-electron chi connectivity index (χ4n) is 1.58. The van der Waals surface area contributed by atoms with Crippen LogP contribution in [-0.2, 0) is 13.5 Å². The van der Waals surface area contributed by atoms with Crippen LogP contribution in [0.2, 0.25) is 0 Å². The summed E-state index contributed by atoms with van der Waals surface area (Å²) >= 11 is 3.52. The number of pyridine rings is 1. The second-order valence-electron chi connectivity index (χ2n) is 3.08. The lowest BCUT2D eigenvalue weighted by molar-refractivity contribution is 0.854. The number of halogens is 1. The van der Waals surface area contributed by atoms with Gasteiger partial charge in [0.15, 0.2) is 0 Å². The van der Waals surface area contributed by atoms with Gasteiger partial charge in [-0.05, 0) is 34.5 Å². The summed E-state index contributed by atoms with van der Waals surface area (Å²) in [4.78, 5) is 4.34. The molecular weight excluding hydrogens is 228 g/mol. The maximum absolute atomic E-state index is 4.34. The van der Waals surface area contributed by atoms with E-state index >= 15 is 0 Å². The molecule has 13 heavy (non-hydrogen) atoms. The third kappa shape index (κ3) is 1.27. The van der Waals surface area contributed by atoms with E-state index in [0.717, 1.165) is 16.5 Å². The highest BCUT2D eigenvalue weighted by atomic mass is 79.9. The van der Waals surface area contributed by atoms with Crippen molar-refractivity contribution in [3.63, 3.8) is 0 Å². The first kappa shape index (κ1) is 8.75. The Hall–Kier alpha value is -0.830. The topological polar surface area (TPSA) is 17.8 Å². The summed E-state index contributed by atoms with van der Waals surface area (Å²) in [5.41, 5.74) is 2.36. The lowest BCUT2D eigenvalue weighted by Crippen LogP contribution is -1.94. The minimum atomic E-state index is 1.04. The Bertz CT molecular complexity index is 445. The van der Waals surface area contributed by atoms with Gasteiger partial charge in [-0.3, -0.25) is 0 Å². The van der Waals surface area contributed by atoms with Gasteiger partial charge in [-0.1, -0.05) is 6.92 Å². The molecule has 2 rings (SSSR count). The maximum atomic E-state index is 4.34. The summed E-state index contributed by atoms with van der Waals surface area (Å²) in [6.07, 6.45) is 2.87. The Balaban J connectivity index is 2.83. The van der Waals surface area contributed by atoms with Gasteiger partial charge in [-0.2, -0.15) is 0 Å². The first-order chi connectivity index (χ1) is 6.24. The van der Waals surface area contributed by atoms with E-state index in [1.165, 1.54) is 11.1 Å². The van der Waals surface area contributed by atoms with Crippen LogP contribution in [0.25, 0.3) is 11.0 Å². The second kappa shape index (κ2) is 3.14. The van der Waals surface area contributed by atoms with Crippen molar-refractivity contribution in [3.8, 4) is 0 Å². The zero-order valence-electron chi connectivity index (χ0n) is 7.71. The molecule has 2 aromatic heterocycles. The largest absolute Gasteiger partial charge is 0.333 e. The first-order valence-electron chi connectivity index (χ1n) is 4.33. The summed E-state index contributed by atoms with van der Waals surface area (Å²) in [6.45, 7) is 2.15. The minimum absolute atomic E-state index is 1.04. The molecule has 0 bridgehead atoms. The Labute approximate surface area is 85.7 Å². The van der Waals surface area contributed by atoms with Crippen molar-refractivity contribution in [2.45, 2.75) is 13.3 Å². The lowest BCUT2D eigenvalue weighted by Gasteiger charge is -1.99. The number of nitrogens with zero attached hydrogens (tertiary/aromatic N) is 2. The molecule has 0 atom stereocenters. The Morgan fingerprint density at radius 3 is 2.92 bits per heavy atom. The maximum Gasteiger partial charge on any atom is 0.140 e. The number of aryl methyl sites for hydroxylation is 2. The molecule has 0 unspecified atom stereocenters. The van der Waals surface area contributed by atoms with E-state index in [0.29, 0.717) is 0 Å². The molecular formula is C10H11BrN2. The van der Waals surface area contributed by atoms with Crippen LogP contribution in [0.15, 0.2) is 22.8 Å². The number of rotatable bonds is 1. The molecule has 0 saturated heterocycles. The van der Waals surface area contributed by atoms with E-state index < -0.39 is 0 Å². The van der Waals surface area contributed by atoms with Crippen LogP contribution in [0.3, 0.4) is 0 Å². The van der Waals surface area contributed by atoms with Crippen LogP contribution in [0.4, 0.5) is 0 Å². The van der Waals surface area contributed by atoms with E-state index in [-0.39, 0.29) is 0 Å². The van der Waals surface area contributed by atoms with Gasteiger partial charge in [0.25, 0.3) is 0 Å². The van der Waals surface area contributed by atoms with Crippen molar-refractivity contribution in [1.82, 2.24) is 9.55 Å². The SMILES string of the molecule is CCc1cc2c(Br)ccnc2n1C. The molecule has 3 heteroatoms. The molecule has 0 amide bonds. The minimum Gasteiger partial charge on any atom is -0.333 e. The molecule has 2 nitrogen and oxygen atoms in total. The fourth-order valence-corrected chi connectivity index (χ4v) is 1.99. The first-order valence-corrected chi connectivity index (χ1v) is 5.12. The molecule has 0 saturated carbocycles. The summed E-state index contributed by atoms with van der Waals surface area (Å²) < 4.78 is 3.26. The lowest BCUT2D eigenvalue weighted by atomic mass is 10.3. The van der Waals surface area contributed by atoms with Gasteiger partial charge >= 0.3 is 0 Å². The van der Waals surface area contributed by atoms with Crippen molar-refractivity contribution < 1.29 is 0 Å². The average Bonchev–Trinajstić information content (AvgIpc) is 2.45. The molecule has 0 fully saturated rings. The van der Waals surface area contributed by atoms with Crippen LogP contribution in [0, 0.1) is 0 Å². The summed E-state index contributed by atoms with van der Waals surface area (Å²) in [5, 5.41) is 1.20. The molecule has 0 aliphatic heterocycles. The number of hydrogen-bond donors (Lipinski definition) is 0. The summed E-state index contributed by atoms with van der Waals surface area (Å²) in [6, 6.07) is 4.16. The molecule has 2 aromatic rings. The zero-order valence-corrected chi connectivity index (χ0v) is 9.30. The number of aromatic nitrogens is 2. The van der Waals surface area contributed by atoms with Gasteiger partial charge in [0.05, 0.1) is 0 Å². The Kier molecular flexibility index (Phi) is 2.12. The van der Waals surface area contributed by atoms with Crippen molar-refractivity contribution in [2.24, 2.45) is 7.05 Å². The molecule has 2 heterocycles. The Morgan fingerprint density at radius 1 is 1.54 bits per heavy atom. The van der Waals surface area contributed by atoms with Crippen LogP contribution in [0.1, 0.15) is 12.6 Å². The highest BCUT2D eigenvalue weighted by Gasteiger charge is 2.06. The third-order valence-corrected chi connectivity index (χ3v) is 3.03. The van der Waals surface area contributed by atoms with Crippen LogP contribution in [-0.4, -0.2) is 9.55 Å². The van der Waals surface area contributed by atoms with Crippen molar-refractivity contribution in [3.05, 3.63) is 28.5 Å². The predicted molar refractivity (Wildman–Crippen MR) is 57.8 cm³/mol. The van der Waals surface area contributed by atoms with Crippen molar-refractivity contribution >= 4 is 27.0 Å². The van der Waals surface area contributed by atoms with Gasteiger partial charge in [-0.15, -0.1) is 0 Å². The van der Waals surface area contributed by atoms with Gasteiger partial charge in [0, 0.05) is 28.8 Å². The molecule has 0 radical (unpaired) electrons. The molecule has 0 spiro atoms. The number of hydrogen-bond acceptors (Lipinski definition) is 1. The molecule has 0 aliphatic rings. The average molecular weight is 239 g/mol. The van der Waals surface area contributed by atoms with Gasteiger partial charge < -0.3 is 4.57 Å². The molecule has 68 valence electrons. The van der Waals surface area contributed by atoms with E-state index in [1.54, 1.807) is 0 Å². The quantitative estimate of drug-likeness (QED) is 0.748. The van der Waals surface area contributed by atoms with Gasteiger partial charge in [-0.25, -0.2) is 4.98 Å². The monoisotopic (exact) mass is 238 g/mol. The highest BCUT2D eigenvalue weighted by Crippen LogP contribution is 2.24. The van der Waals surface area contributed by atoms with E-state index in [9.17, 15) is 0 Å². The van der Waals surface area contributed by atoms with Crippen molar-refractivity contribution in [1.29, 1.82) is 0 Å².